The molecule has 0 bridgehead atoms. The molecule has 1 atom stereocenters. The molecule has 6 heteroatoms. The summed E-state index contributed by atoms with van der Waals surface area (Å²) in [4.78, 5) is 5.65. The first-order valence-corrected chi connectivity index (χ1v) is 8.50. The standard InChI is InChI=1S/C17H21N3O2S/c1-12(16-4-3-7-23-16)9-19-17(18-2)20-10-13-5-6-14-15(8-13)22-11-21-14/h3-8,12H,9-11H2,1-2H3,(H2,18,19,20). The fourth-order valence-electron chi connectivity index (χ4n) is 2.38. The molecular formula is C17H21N3O2S. The number of ether oxygens (including phenoxy) is 2. The molecular weight excluding hydrogens is 310 g/mol. The Morgan fingerprint density at radius 2 is 2.13 bits per heavy atom. The Morgan fingerprint density at radius 1 is 1.26 bits per heavy atom. The Bertz CT molecular complexity index is 670. The number of aliphatic imine (C=N–C) groups is 1. The molecule has 2 N–H and O–H groups in total. The molecule has 1 aliphatic heterocycles. The van der Waals surface area contributed by atoms with Gasteiger partial charge in [0.2, 0.25) is 6.79 Å². The van der Waals surface area contributed by atoms with Crippen LogP contribution in [-0.4, -0.2) is 26.3 Å². The van der Waals surface area contributed by atoms with E-state index in [1.807, 2.05) is 18.2 Å². The Hall–Kier alpha value is -2.21. The zero-order chi connectivity index (χ0) is 16.1. The maximum absolute atomic E-state index is 5.40. The van der Waals surface area contributed by atoms with Crippen molar-refractivity contribution in [2.24, 2.45) is 4.99 Å². The second-order valence-electron chi connectivity index (χ2n) is 5.41. The van der Waals surface area contributed by atoms with E-state index < -0.39 is 0 Å². The summed E-state index contributed by atoms with van der Waals surface area (Å²) in [5, 5.41) is 8.80. The van der Waals surface area contributed by atoms with Gasteiger partial charge in [-0.15, -0.1) is 11.3 Å². The van der Waals surface area contributed by atoms with E-state index >= 15 is 0 Å². The first-order valence-electron chi connectivity index (χ1n) is 7.62. The highest BCUT2D eigenvalue weighted by Gasteiger charge is 2.13. The van der Waals surface area contributed by atoms with E-state index in [1.165, 1.54) is 4.88 Å². The number of hydrogen-bond acceptors (Lipinski definition) is 4. The summed E-state index contributed by atoms with van der Waals surface area (Å²) in [6.07, 6.45) is 0. The smallest absolute Gasteiger partial charge is 0.231 e. The number of nitrogens with one attached hydrogen (secondary N) is 2. The van der Waals surface area contributed by atoms with Crippen LogP contribution in [0.3, 0.4) is 0 Å². The lowest BCUT2D eigenvalue weighted by atomic mass is 10.1. The molecule has 1 aliphatic rings. The molecule has 0 saturated carbocycles. The van der Waals surface area contributed by atoms with Crippen molar-refractivity contribution < 1.29 is 9.47 Å². The summed E-state index contributed by atoms with van der Waals surface area (Å²) < 4.78 is 10.7. The maximum Gasteiger partial charge on any atom is 0.231 e. The molecule has 0 fully saturated rings. The minimum absolute atomic E-state index is 0.302. The fourth-order valence-corrected chi connectivity index (χ4v) is 3.17. The average Bonchev–Trinajstić information content (AvgIpc) is 3.25. The lowest BCUT2D eigenvalue weighted by Crippen LogP contribution is -2.38. The van der Waals surface area contributed by atoms with Gasteiger partial charge in [-0.3, -0.25) is 4.99 Å². The quantitative estimate of drug-likeness (QED) is 0.653. The van der Waals surface area contributed by atoms with Gasteiger partial charge in [-0.1, -0.05) is 19.1 Å². The first-order chi connectivity index (χ1) is 11.3. The van der Waals surface area contributed by atoms with Gasteiger partial charge in [-0.25, -0.2) is 0 Å². The lowest BCUT2D eigenvalue weighted by Gasteiger charge is -2.15. The van der Waals surface area contributed by atoms with E-state index in [0.29, 0.717) is 19.3 Å². The Kier molecular flexibility index (Phi) is 5.02. The van der Waals surface area contributed by atoms with Gasteiger partial charge < -0.3 is 20.1 Å². The van der Waals surface area contributed by atoms with Crippen LogP contribution < -0.4 is 20.1 Å². The molecule has 1 unspecified atom stereocenters. The van der Waals surface area contributed by atoms with E-state index in [-0.39, 0.29) is 0 Å². The summed E-state index contributed by atoms with van der Waals surface area (Å²) in [6, 6.07) is 10.2. The molecule has 0 saturated heterocycles. The molecule has 5 nitrogen and oxygen atoms in total. The van der Waals surface area contributed by atoms with Crippen molar-refractivity contribution in [3.8, 4) is 11.5 Å². The first kappa shape index (κ1) is 15.7. The predicted octanol–water partition coefficient (Wildman–Crippen LogP) is 2.95. The minimum atomic E-state index is 0.302. The van der Waals surface area contributed by atoms with Crippen molar-refractivity contribution >= 4 is 17.3 Å². The SMILES string of the molecule is CN=C(NCc1ccc2c(c1)OCO2)NCC(C)c1cccs1. The van der Waals surface area contributed by atoms with Crippen molar-refractivity contribution in [1.82, 2.24) is 10.6 Å². The zero-order valence-electron chi connectivity index (χ0n) is 13.3. The Morgan fingerprint density at radius 3 is 2.91 bits per heavy atom. The van der Waals surface area contributed by atoms with E-state index in [4.69, 9.17) is 9.47 Å². The molecule has 2 aromatic rings. The fraction of sp³-hybridized carbons (Fsp3) is 0.353. The van der Waals surface area contributed by atoms with Crippen LogP contribution in [0.25, 0.3) is 0 Å². The number of nitrogens with zero attached hydrogens (tertiary/aromatic N) is 1. The van der Waals surface area contributed by atoms with Gasteiger partial charge in [-0.2, -0.15) is 0 Å². The third-order valence-corrected chi connectivity index (χ3v) is 4.83. The molecule has 0 spiro atoms. The van der Waals surface area contributed by atoms with Crippen LogP contribution in [0.15, 0.2) is 40.7 Å². The monoisotopic (exact) mass is 331 g/mol. The average molecular weight is 331 g/mol. The molecule has 2 heterocycles. The van der Waals surface area contributed by atoms with Crippen molar-refractivity contribution in [1.29, 1.82) is 0 Å². The normalized spacial score (nSPS) is 14.6. The van der Waals surface area contributed by atoms with Gasteiger partial charge in [0.05, 0.1) is 0 Å². The van der Waals surface area contributed by atoms with Crippen molar-refractivity contribution in [2.45, 2.75) is 19.4 Å². The van der Waals surface area contributed by atoms with Gasteiger partial charge >= 0.3 is 0 Å². The minimum Gasteiger partial charge on any atom is -0.454 e. The second-order valence-corrected chi connectivity index (χ2v) is 6.39. The maximum atomic E-state index is 5.40. The molecule has 0 aliphatic carbocycles. The summed E-state index contributed by atoms with van der Waals surface area (Å²) in [5.74, 6) is 2.87. The van der Waals surface area contributed by atoms with Crippen LogP contribution in [0.4, 0.5) is 0 Å². The van der Waals surface area contributed by atoms with E-state index in [2.05, 4.69) is 40.1 Å². The van der Waals surface area contributed by atoms with Gasteiger partial charge in [0.15, 0.2) is 17.5 Å². The summed E-state index contributed by atoms with van der Waals surface area (Å²) in [5.41, 5.74) is 1.13. The highest BCUT2D eigenvalue weighted by Crippen LogP contribution is 2.32. The van der Waals surface area contributed by atoms with Gasteiger partial charge in [-0.05, 0) is 29.1 Å². The van der Waals surface area contributed by atoms with Crippen LogP contribution in [0.2, 0.25) is 0 Å². The van der Waals surface area contributed by atoms with Gasteiger partial charge in [0.1, 0.15) is 0 Å². The highest BCUT2D eigenvalue weighted by atomic mass is 32.1. The molecule has 0 amide bonds. The van der Waals surface area contributed by atoms with Gasteiger partial charge in [0.25, 0.3) is 0 Å². The number of hydrogen-bond donors (Lipinski definition) is 2. The summed E-state index contributed by atoms with van der Waals surface area (Å²) in [6.45, 7) is 4.05. The molecule has 122 valence electrons. The van der Waals surface area contributed by atoms with Crippen LogP contribution in [0, 0.1) is 0 Å². The topological polar surface area (TPSA) is 54.9 Å². The number of rotatable bonds is 5. The van der Waals surface area contributed by atoms with Crippen LogP contribution in [-0.2, 0) is 6.54 Å². The van der Waals surface area contributed by atoms with E-state index in [1.54, 1.807) is 18.4 Å². The second kappa shape index (κ2) is 7.37. The molecule has 3 rings (SSSR count). The van der Waals surface area contributed by atoms with Crippen LogP contribution >= 0.6 is 11.3 Å². The largest absolute Gasteiger partial charge is 0.454 e. The van der Waals surface area contributed by atoms with E-state index in [9.17, 15) is 0 Å². The lowest BCUT2D eigenvalue weighted by molar-refractivity contribution is 0.174. The predicted molar refractivity (Wildman–Crippen MR) is 93.5 cm³/mol. The summed E-state index contributed by atoms with van der Waals surface area (Å²) >= 11 is 1.79. The van der Waals surface area contributed by atoms with E-state index in [0.717, 1.165) is 29.6 Å². The Labute approximate surface area is 140 Å². The van der Waals surface area contributed by atoms with Crippen LogP contribution in [0.5, 0.6) is 11.5 Å². The zero-order valence-corrected chi connectivity index (χ0v) is 14.2. The third-order valence-electron chi connectivity index (χ3n) is 3.73. The number of fused-ring (bicyclic) bond motifs is 1. The molecule has 0 radical (unpaired) electrons. The molecule has 23 heavy (non-hydrogen) atoms. The number of benzene rings is 1. The number of guanidine groups is 1. The van der Waals surface area contributed by atoms with Gasteiger partial charge in [0, 0.05) is 30.9 Å². The molecule has 1 aromatic heterocycles. The van der Waals surface area contributed by atoms with Crippen molar-refractivity contribution in [3.63, 3.8) is 0 Å². The summed E-state index contributed by atoms with van der Waals surface area (Å²) in [7, 11) is 1.78. The van der Waals surface area contributed by atoms with Crippen molar-refractivity contribution in [3.05, 3.63) is 46.2 Å². The van der Waals surface area contributed by atoms with Crippen LogP contribution in [0.1, 0.15) is 23.3 Å². The highest BCUT2D eigenvalue weighted by molar-refractivity contribution is 7.10. The molecule has 1 aromatic carbocycles. The Balaban J connectivity index is 1.50. The van der Waals surface area contributed by atoms with Crippen molar-refractivity contribution in [2.75, 3.05) is 20.4 Å². The third kappa shape index (κ3) is 3.96. The number of thiophene rings is 1.